The maximum atomic E-state index is 11.9. The van der Waals surface area contributed by atoms with Gasteiger partial charge in [0.2, 0.25) is 5.91 Å². The molecule has 0 aliphatic carbocycles. The average molecular weight is 345 g/mol. The second-order valence-electron chi connectivity index (χ2n) is 6.87. The first kappa shape index (κ1) is 18.3. The summed E-state index contributed by atoms with van der Waals surface area (Å²) in [4.78, 5) is 11.9. The molecule has 4 heteroatoms. The second kappa shape index (κ2) is 8.20. The number of rotatable bonds is 6. The van der Waals surface area contributed by atoms with Gasteiger partial charge in [-0.3, -0.25) is 4.79 Å². The smallest absolute Gasteiger partial charge is 0.222 e. The molecule has 0 fully saturated rings. The van der Waals surface area contributed by atoms with Gasteiger partial charge in [-0.15, -0.1) is 0 Å². The number of hydrogen-bond acceptors (Lipinski definition) is 2. The van der Waals surface area contributed by atoms with Gasteiger partial charge < -0.3 is 10.6 Å². The molecule has 0 bridgehead atoms. The van der Waals surface area contributed by atoms with E-state index in [4.69, 9.17) is 11.6 Å². The maximum Gasteiger partial charge on any atom is 0.222 e. The van der Waals surface area contributed by atoms with E-state index in [9.17, 15) is 4.79 Å². The minimum Gasteiger partial charge on any atom is -0.385 e. The molecule has 24 heavy (non-hydrogen) atoms. The molecule has 0 spiro atoms. The third kappa shape index (κ3) is 5.57. The van der Waals surface area contributed by atoms with E-state index < -0.39 is 0 Å². The molecule has 3 nitrogen and oxygen atoms in total. The molecule has 0 heterocycles. The maximum absolute atomic E-state index is 11.9. The molecule has 128 valence electrons. The summed E-state index contributed by atoms with van der Waals surface area (Å²) in [6.45, 7) is 7.64. The molecule has 2 aromatic rings. The van der Waals surface area contributed by atoms with Crippen LogP contribution in [0.5, 0.6) is 0 Å². The SMILES string of the molecule is CC(C)(C)c1ccc(NCCC(=O)NCc2ccccc2Cl)cc1. The lowest BCUT2D eigenvalue weighted by Gasteiger charge is -2.19. The van der Waals surface area contributed by atoms with Gasteiger partial charge in [0.25, 0.3) is 0 Å². The number of anilines is 1. The van der Waals surface area contributed by atoms with Crippen molar-refractivity contribution >= 4 is 23.2 Å². The Labute approximate surface area is 149 Å². The number of benzene rings is 2. The monoisotopic (exact) mass is 344 g/mol. The number of nitrogens with one attached hydrogen (secondary N) is 2. The molecule has 0 saturated heterocycles. The van der Waals surface area contributed by atoms with E-state index >= 15 is 0 Å². The fourth-order valence-corrected chi connectivity index (χ4v) is 2.53. The summed E-state index contributed by atoms with van der Waals surface area (Å²) in [6.07, 6.45) is 0.422. The molecule has 0 atom stereocenters. The van der Waals surface area contributed by atoms with Crippen molar-refractivity contribution in [1.82, 2.24) is 5.32 Å². The Balaban J connectivity index is 1.74. The summed E-state index contributed by atoms with van der Waals surface area (Å²) in [5, 5.41) is 6.84. The number of carbonyl (C=O) groups is 1. The molecule has 0 unspecified atom stereocenters. The van der Waals surface area contributed by atoms with Gasteiger partial charge in [0, 0.05) is 30.2 Å². The number of hydrogen-bond donors (Lipinski definition) is 2. The summed E-state index contributed by atoms with van der Waals surface area (Å²) in [6, 6.07) is 15.9. The molecular formula is C20H25ClN2O. The van der Waals surface area contributed by atoms with Gasteiger partial charge >= 0.3 is 0 Å². The lowest BCUT2D eigenvalue weighted by molar-refractivity contribution is -0.121. The summed E-state index contributed by atoms with van der Waals surface area (Å²) >= 11 is 6.07. The topological polar surface area (TPSA) is 41.1 Å². The Morgan fingerprint density at radius 3 is 2.33 bits per heavy atom. The van der Waals surface area contributed by atoms with Crippen LogP contribution in [0.25, 0.3) is 0 Å². The molecule has 0 radical (unpaired) electrons. The zero-order chi connectivity index (χ0) is 17.6. The highest BCUT2D eigenvalue weighted by molar-refractivity contribution is 6.31. The van der Waals surface area contributed by atoms with E-state index in [1.807, 2.05) is 24.3 Å². The van der Waals surface area contributed by atoms with Crippen LogP contribution >= 0.6 is 11.6 Å². The van der Waals surface area contributed by atoms with Gasteiger partial charge in [0.15, 0.2) is 0 Å². The van der Waals surface area contributed by atoms with E-state index in [0.717, 1.165) is 11.3 Å². The van der Waals surface area contributed by atoms with E-state index in [0.29, 0.717) is 24.5 Å². The van der Waals surface area contributed by atoms with Gasteiger partial charge in [0.05, 0.1) is 0 Å². The van der Waals surface area contributed by atoms with Crippen LogP contribution in [0.4, 0.5) is 5.69 Å². The van der Waals surface area contributed by atoms with Crippen molar-refractivity contribution in [3.63, 3.8) is 0 Å². The highest BCUT2D eigenvalue weighted by atomic mass is 35.5. The van der Waals surface area contributed by atoms with E-state index in [-0.39, 0.29) is 11.3 Å². The molecule has 0 aliphatic rings. The fraction of sp³-hybridized carbons (Fsp3) is 0.350. The highest BCUT2D eigenvalue weighted by Crippen LogP contribution is 2.23. The van der Waals surface area contributed by atoms with Crippen molar-refractivity contribution in [2.45, 2.75) is 39.2 Å². The minimum absolute atomic E-state index is 0.00808. The first-order valence-electron chi connectivity index (χ1n) is 8.21. The lowest BCUT2D eigenvalue weighted by Crippen LogP contribution is -2.25. The molecule has 2 N–H and O–H groups in total. The molecule has 2 rings (SSSR count). The lowest BCUT2D eigenvalue weighted by atomic mass is 9.87. The van der Waals surface area contributed by atoms with Crippen LogP contribution in [-0.2, 0) is 16.8 Å². The van der Waals surface area contributed by atoms with Crippen LogP contribution in [0.1, 0.15) is 38.3 Å². The zero-order valence-electron chi connectivity index (χ0n) is 14.5. The van der Waals surface area contributed by atoms with Gasteiger partial charge in [-0.25, -0.2) is 0 Å². The van der Waals surface area contributed by atoms with Crippen molar-refractivity contribution in [2.24, 2.45) is 0 Å². The highest BCUT2D eigenvalue weighted by Gasteiger charge is 2.12. The van der Waals surface area contributed by atoms with Gasteiger partial charge in [-0.1, -0.05) is 62.7 Å². The van der Waals surface area contributed by atoms with Crippen LogP contribution in [0.15, 0.2) is 48.5 Å². The molecule has 0 saturated carbocycles. The summed E-state index contributed by atoms with van der Waals surface area (Å²) in [5.41, 5.74) is 3.41. The first-order valence-corrected chi connectivity index (χ1v) is 8.58. The summed E-state index contributed by atoms with van der Waals surface area (Å²) < 4.78 is 0. The first-order chi connectivity index (χ1) is 11.4. The van der Waals surface area contributed by atoms with Crippen molar-refractivity contribution in [1.29, 1.82) is 0 Å². The predicted molar refractivity (Wildman–Crippen MR) is 102 cm³/mol. The van der Waals surface area contributed by atoms with E-state index in [1.165, 1.54) is 5.56 Å². The predicted octanol–water partition coefficient (Wildman–Crippen LogP) is 4.76. The minimum atomic E-state index is 0.00808. The molecule has 2 aromatic carbocycles. The van der Waals surface area contributed by atoms with Crippen LogP contribution in [-0.4, -0.2) is 12.5 Å². The van der Waals surface area contributed by atoms with Crippen LogP contribution in [0, 0.1) is 0 Å². The average Bonchev–Trinajstić information content (AvgIpc) is 2.54. The van der Waals surface area contributed by atoms with Crippen molar-refractivity contribution in [3.05, 3.63) is 64.7 Å². The van der Waals surface area contributed by atoms with Gasteiger partial charge in [-0.2, -0.15) is 0 Å². The Hall–Kier alpha value is -2.00. The number of carbonyl (C=O) groups excluding carboxylic acids is 1. The Bertz CT molecular complexity index is 675. The van der Waals surface area contributed by atoms with E-state index in [2.05, 4.69) is 55.7 Å². The Morgan fingerprint density at radius 2 is 1.71 bits per heavy atom. The standard InChI is InChI=1S/C20H25ClN2O/c1-20(2,3)16-8-10-17(11-9-16)22-13-12-19(24)23-14-15-6-4-5-7-18(15)21/h4-11,22H,12-14H2,1-3H3,(H,23,24). The Kier molecular flexibility index (Phi) is 6.27. The zero-order valence-corrected chi connectivity index (χ0v) is 15.3. The van der Waals surface area contributed by atoms with Crippen molar-refractivity contribution < 1.29 is 4.79 Å². The Morgan fingerprint density at radius 1 is 1.04 bits per heavy atom. The van der Waals surface area contributed by atoms with Crippen LogP contribution in [0.2, 0.25) is 5.02 Å². The molecule has 1 amide bonds. The summed E-state index contributed by atoms with van der Waals surface area (Å²) in [5.74, 6) is 0.00808. The van der Waals surface area contributed by atoms with Gasteiger partial charge in [0.1, 0.15) is 0 Å². The number of halogens is 1. The molecular weight excluding hydrogens is 320 g/mol. The third-order valence-corrected chi connectivity index (χ3v) is 4.23. The van der Waals surface area contributed by atoms with Crippen LogP contribution < -0.4 is 10.6 Å². The van der Waals surface area contributed by atoms with Gasteiger partial charge in [-0.05, 0) is 34.7 Å². The van der Waals surface area contributed by atoms with Crippen LogP contribution in [0.3, 0.4) is 0 Å². The number of amides is 1. The quantitative estimate of drug-likeness (QED) is 0.793. The normalized spacial score (nSPS) is 11.2. The summed E-state index contributed by atoms with van der Waals surface area (Å²) in [7, 11) is 0. The molecule has 0 aromatic heterocycles. The van der Waals surface area contributed by atoms with Crippen molar-refractivity contribution in [2.75, 3.05) is 11.9 Å². The largest absolute Gasteiger partial charge is 0.385 e. The van der Waals surface area contributed by atoms with E-state index in [1.54, 1.807) is 0 Å². The van der Waals surface area contributed by atoms with Crippen molar-refractivity contribution in [3.8, 4) is 0 Å². The third-order valence-electron chi connectivity index (χ3n) is 3.87. The molecule has 0 aliphatic heterocycles. The fourth-order valence-electron chi connectivity index (χ4n) is 2.33. The second-order valence-corrected chi connectivity index (χ2v) is 7.28.